The van der Waals surface area contributed by atoms with E-state index in [0.29, 0.717) is 0 Å². The molecule has 0 aliphatic carbocycles. The minimum atomic E-state index is -4.44. The Morgan fingerprint density at radius 3 is 2.45 bits per heavy atom. The third-order valence-corrected chi connectivity index (χ3v) is 1.44. The molecule has 0 bridgehead atoms. The van der Waals surface area contributed by atoms with Gasteiger partial charge in [0.05, 0.1) is 12.1 Å². The van der Waals surface area contributed by atoms with Gasteiger partial charge >= 0.3 is 6.18 Å². The van der Waals surface area contributed by atoms with E-state index in [1.54, 1.807) is 0 Å². The molecule has 0 radical (unpaired) electrons. The Bertz CT molecular complexity index is 240. The summed E-state index contributed by atoms with van der Waals surface area (Å²) in [6.45, 7) is 0. The summed E-state index contributed by atoms with van der Waals surface area (Å²) in [4.78, 5) is 0. The van der Waals surface area contributed by atoms with Crippen molar-refractivity contribution in [1.29, 1.82) is 0 Å². The molecule has 11 heavy (non-hydrogen) atoms. The molecule has 0 N–H and O–H groups in total. The largest absolute Gasteiger partial charge is 0.459 e. The van der Waals surface area contributed by atoms with Crippen molar-refractivity contribution in [2.75, 3.05) is 0 Å². The van der Waals surface area contributed by atoms with E-state index in [0.717, 1.165) is 6.26 Å². The number of hydrogen-bond acceptors (Lipinski definition) is 1. The Labute approximate surface area is 65.8 Å². The summed E-state index contributed by atoms with van der Waals surface area (Å²) in [5.74, 6) is -1.20. The summed E-state index contributed by atoms with van der Waals surface area (Å²) in [6, 6.07) is 1.20. The lowest BCUT2D eigenvalue weighted by atomic mass is 10.3. The van der Waals surface area contributed by atoms with Crippen molar-refractivity contribution in [1.82, 2.24) is 0 Å². The van der Waals surface area contributed by atoms with Gasteiger partial charge < -0.3 is 4.42 Å². The van der Waals surface area contributed by atoms with Crippen LogP contribution in [0.4, 0.5) is 13.2 Å². The molecule has 5 heteroatoms. The van der Waals surface area contributed by atoms with Crippen molar-refractivity contribution in [3.8, 4) is 0 Å². The molecule has 0 spiro atoms. The highest BCUT2D eigenvalue weighted by atomic mass is 35.5. The molecule has 0 saturated carbocycles. The lowest BCUT2D eigenvalue weighted by molar-refractivity contribution is -0.153. The minimum absolute atomic E-state index is 0.0285. The molecule has 0 atom stereocenters. The number of furan rings is 1. The first kappa shape index (κ1) is 8.46. The lowest BCUT2D eigenvalue weighted by Gasteiger charge is -2.02. The Kier molecular flexibility index (Phi) is 2.13. The highest BCUT2D eigenvalue weighted by Gasteiger charge is 2.36. The van der Waals surface area contributed by atoms with E-state index in [4.69, 9.17) is 11.6 Å². The zero-order chi connectivity index (χ0) is 8.48. The average molecular weight is 185 g/mol. The monoisotopic (exact) mass is 184 g/mol. The molecular formula is C6H4ClF3O. The van der Waals surface area contributed by atoms with Crippen molar-refractivity contribution >= 4 is 11.6 Å². The molecule has 0 aromatic carbocycles. The first-order valence-electron chi connectivity index (χ1n) is 2.75. The van der Waals surface area contributed by atoms with Crippen LogP contribution in [0.5, 0.6) is 0 Å². The quantitative estimate of drug-likeness (QED) is 0.612. The van der Waals surface area contributed by atoms with E-state index in [2.05, 4.69) is 4.42 Å². The highest BCUT2D eigenvalue weighted by molar-refractivity contribution is 6.17. The predicted molar refractivity (Wildman–Crippen MR) is 33.3 cm³/mol. The number of alkyl halides is 4. The normalized spacial score (nSPS) is 12.0. The summed E-state index contributed by atoms with van der Waals surface area (Å²) in [6.07, 6.45) is -3.46. The van der Waals surface area contributed by atoms with Gasteiger partial charge in [0.2, 0.25) is 5.76 Å². The molecule has 62 valence electrons. The average Bonchev–Trinajstić information content (AvgIpc) is 2.31. The van der Waals surface area contributed by atoms with Crippen LogP contribution in [-0.4, -0.2) is 0 Å². The molecule has 0 amide bonds. The fraction of sp³-hybridized carbons (Fsp3) is 0.333. The summed E-state index contributed by atoms with van der Waals surface area (Å²) in [5, 5.41) is 0. The highest BCUT2D eigenvalue weighted by Crippen LogP contribution is 2.33. The molecule has 1 aromatic rings. The van der Waals surface area contributed by atoms with E-state index in [1.807, 2.05) is 0 Å². The Morgan fingerprint density at radius 2 is 2.09 bits per heavy atom. The molecule has 0 aliphatic heterocycles. The fourth-order valence-electron chi connectivity index (χ4n) is 0.690. The second-order valence-corrected chi connectivity index (χ2v) is 2.17. The van der Waals surface area contributed by atoms with Crippen LogP contribution in [0.15, 0.2) is 16.7 Å². The zero-order valence-electron chi connectivity index (χ0n) is 5.28. The van der Waals surface area contributed by atoms with Crippen LogP contribution >= 0.6 is 11.6 Å². The maximum atomic E-state index is 11.9. The topological polar surface area (TPSA) is 13.1 Å². The van der Waals surface area contributed by atoms with Crippen molar-refractivity contribution in [3.05, 3.63) is 23.7 Å². The second-order valence-electron chi connectivity index (χ2n) is 1.91. The maximum Gasteiger partial charge on any atom is 0.449 e. The number of halogens is 4. The van der Waals surface area contributed by atoms with Gasteiger partial charge in [-0.15, -0.1) is 11.6 Å². The Hall–Kier alpha value is -0.640. The molecule has 1 aromatic heterocycles. The third kappa shape index (κ3) is 1.68. The molecule has 0 aliphatic rings. The summed E-state index contributed by atoms with van der Waals surface area (Å²) < 4.78 is 40.0. The third-order valence-electron chi connectivity index (χ3n) is 1.15. The predicted octanol–water partition coefficient (Wildman–Crippen LogP) is 3.04. The van der Waals surface area contributed by atoms with Gasteiger partial charge in [0.25, 0.3) is 0 Å². The lowest BCUT2D eigenvalue weighted by Crippen LogP contribution is -2.05. The molecule has 1 nitrogen and oxygen atoms in total. The number of rotatable bonds is 1. The molecule has 0 unspecified atom stereocenters. The van der Waals surface area contributed by atoms with Gasteiger partial charge in [0, 0.05) is 5.56 Å². The second kappa shape index (κ2) is 2.77. The van der Waals surface area contributed by atoms with Crippen LogP contribution in [0.3, 0.4) is 0 Å². The number of hydrogen-bond donors (Lipinski definition) is 0. The van der Waals surface area contributed by atoms with Crippen LogP contribution in [-0.2, 0) is 12.1 Å². The Balaban J connectivity index is 3.02. The van der Waals surface area contributed by atoms with Gasteiger partial charge in [-0.1, -0.05) is 0 Å². The van der Waals surface area contributed by atoms with Crippen LogP contribution in [0.1, 0.15) is 11.3 Å². The van der Waals surface area contributed by atoms with E-state index < -0.39 is 11.9 Å². The maximum absolute atomic E-state index is 11.9. The minimum Gasteiger partial charge on any atom is -0.459 e. The van der Waals surface area contributed by atoms with Gasteiger partial charge in [0.15, 0.2) is 0 Å². The van der Waals surface area contributed by atoms with Gasteiger partial charge in [-0.05, 0) is 6.07 Å². The van der Waals surface area contributed by atoms with E-state index in [-0.39, 0.29) is 11.4 Å². The summed E-state index contributed by atoms with van der Waals surface area (Å²) in [7, 11) is 0. The molecule has 1 rings (SSSR count). The van der Waals surface area contributed by atoms with Crippen molar-refractivity contribution in [2.24, 2.45) is 0 Å². The smallest absolute Gasteiger partial charge is 0.449 e. The van der Waals surface area contributed by atoms with Crippen molar-refractivity contribution < 1.29 is 17.6 Å². The van der Waals surface area contributed by atoms with Gasteiger partial charge in [-0.25, -0.2) is 0 Å². The van der Waals surface area contributed by atoms with Gasteiger partial charge in [-0.3, -0.25) is 0 Å². The van der Waals surface area contributed by atoms with E-state index >= 15 is 0 Å². The molecule has 0 saturated heterocycles. The van der Waals surface area contributed by atoms with Crippen molar-refractivity contribution in [2.45, 2.75) is 12.1 Å². The van der Waals surface area contributed by atoms with Crippen LogP contribution in [0, 0.1) is 0 Å². The summed E-state index contributed by atoms with van der Waals surface area (Å²) >= 11 is 5.22. The van der Waals surface area contributed by atoms with Crippen LogP contribution < -0.4 is 0 Å². The van der Waals surface area contributed by atoms with Gasteiger partial charge in [-0.2, -0.15) is 13.2 Å². The summed E-state index contributed by atoms with van der Waals surface area (Å²) in [5.41, 5.74) is -0.0285. The first-order valence-corrected chi connectivity index (χ1v) is 3.28. The SMILES string of the molecule is FC(F)(F)c1occc1CCl. The zero-order valence-corrected chi connectivity index (χ0v) is 6.04. The Morgan fingerprint density at radius 1 is 1.45 bits per heavy atom. The first-order chi connectivity index (χ1) is 5.05. The fourth-order valence-corrected chi connectivity index (χ4v) is 0.900. The van der Waals surface area contributed by atoms with E-state index in [1.165, 1.54) is 6.07 Å². The molecule has 0 fully saturated rings. The standard InChI is InChI=1S/C6H4ClF3O/c7-3-4-1-2-11-5(4)6(8,9)10/h1-2H,3H2. The molecule has 1 heterocycles. The van der Waals surface area contributed by atoms with Crippen LogP contribution in [0.25, 0.3) is 0 Å². The van der Waals surface area contributed by atoms with E-state index in [9.17, 15) is 13.2 Å². The molecular weight excluding hydrogens is 181 g/mol. The van der Waals surface area contributed by atoms with Crippen molar-refractivity contribution in [3.63, 3.8) is 0 Å². The van der Waals surface area contributed by atoms with Gasteiger partial charge in [0.1, 0.15) is 0 Å². The van der Waals surface area contributed by atoms with Crippen LogP contribution in [0.2, 0.25) is 0 Å².